The Balaban J connectivity index is 4.17. The van der Waals surface area contributed by atoms with Gasteiger partial charge in [-0.15, -0.1) is 0 Å². The number of allylic oxidation sites excluding steroid dienone is 2. The third kappa shape index (κ3) is 34.6. The molecule has 2 unspecified atom stereocenters. The van der Waals surface area contributed by atoms with Crippen LogP contribution in [0, 0.1) is 0 Å². The van der Waals surface area contributed by atoms with E-state index in [4.69, 9.17) is 24.3 Å². The topological polar surface area (TPSA) is 134 Å². The van der Waals surface area contributed by atoms with Crippen molar-refractivity contribution in [1.29, 1.82) is 0 Å². The van der Waals surface area contributed by atoms with Crippen LogP contribution in [0.1, 0.15) is 187 Å². The molecule has 0 spiro atoms. The number of hydrogen-bond donors (Lipinski definition) is 2. The predicted octanol–water partition coefficient (Wildman–Crippen LogP) is 10.7. The molecule has 0 aromatic rings. The standard InChI is InChI=1S/C38H74NO8P/c1-3-5-7-9-11-13-15-16-17-18-19-20-21-23-25-27-29-31-38(41)47-36(35-46-48(42,43)45-33-32-39)34-44-37(40)30-28-26-24-22-14-12-10-8-6-4-2/h16-17,36H,3-15,18-35,39H2,1-2H3,(H,42,43)/b17-16-. The van der Waals surface area contributed by atoms with E-state index in [1.807, 2.05) is 0 Å². The van der Waals surface area contributed by atoms with Gasteiger partial charge in [-0.25, -0.2) is 4.57 Å². The molecule has 0 aliphatic heterocycles. The van der Waals surface area contributed by atoms with Crippen LogP contribution in [0.15, 0.2) is 12.2 Å². The van der Waals surface area contributed by atoms with Gasteiger partial charge < -0.3 is 20.1 Å². The Kier molecular flexibility index (Phi) is 34.6. The van der Waals surface area contributed by atoms with Crippen molar-refractivity contribution in [1.82, 2.24) is 0 Å². The third-order valence-corrected chi connectivity index (χ3v) is 9.39. The maximum atomic E-state index is 12.5. The van der Waals surface area contributed by atoms with Gasteiger partial charge in [0.25, 0.3) is 0 Å². The average molecular weight is 704 g/mol. The number of ether oxygens (including phenoxy) is 2. The maximum absolute atomic E-state index is 12.5. The Morgan fingerprint density at radius 1 is 0.604 bits per heavy atom. The summed E-state index contributed by atoms with van der Waals surface area (Å²) in [7, 11) is -4.36. The normalized spacial score (nSPS) is 13.5. The fraction of sp³-hybridized carbons (Fsp3) is 0.895. The van der Waals surface area contributed by atoms with Crippen LogP contribution in [0.25, 0.3) is 0 Å². The van der Waals surface area contributed by atoms with E-state index < -0.39 is 26.5 Å². The van der Waals surface area contributed by atoms with Crippen molar-refractivity contribution in [2.75, 3.05) is 26.4 Å². The molecule has 0 saturated heterocycles. The number of carbonyl (C=O) groups excluding carboxylic acids is 2. The molecule has 0 radical (unpaired) electrons. The molecule has 0 heterocycles. The van der Waals surface area contributed by atoms with Crippen LogP contribution >= 0.6 is 7.82 Å². The van der Waals surface area contributed by atoms with E-state index in [0.717, 1.165) is 44.9 Å². The summed E-state index contributed by atoms with van der Waals surface area (Å²) in [5.41, 5.74) is 5.33. The predicted molar refractivity (Wildman–Crippen MR) is 197 cm³/mol. The molecule has 2 atom stereocenters. The van der Waals surface area contributed by atoms with E-state index in [1.54, 1.807) is 0 Å². The molecule has 9 nitrogen and oxygen atoms in total. The molecule has 284 valence electrons. The lowest BCUT2D eigenvalue weighted by Gasteiger charge is -2.19. The smallest absolute Gasteiger partial charge is 0.462 e. The molecule has 48 heavy (non-hydrogen) atoms. The van der Waals surface area contributed by atoms with E-state index in [9.17, 15) is 19.0 Å². The molecule has 0 rings (SSSR count). The van der Waals surface area contributed by atoms with Crippen molar-refractivity contribution < 1.29 is 37.6 Å². The van der Waals surface area contributed by atoms with Gasteiger partial charge in [-0.1, -0.05) is 148 Å². The Morgan fingerprint density at radius 3 is 1.48 bits per heavy atom. The fourth-order valence-electron chi connectivity index (χ4n) is 5.45. The molecule has 0 fully saturated rings. The van der Waals surface area contributed by atoms with Gasteiger partial charge in [-0.2, -0.15) is 0 Å². The number of nitrogens with two attached hydrogens (primary N) is 1. The molecule has 0 aliphatic rings. The molecule has 0 aromatic carbocycles. The first kappa shape index (κ1) is 46.8. The van der Waals surface area contributed by atoms with Crippen molar-refractivity contribution >= 4 is 19.8 Å². The minimum Gasteiger partial charge on any atom is -0.462 e. The highest BCUT2D eigenvalue weighted by Gasteiger charge is 2.25. The summed E-state index contributed by atoms with van der Waals surface area (Å²) < 4.78 is 32.6. The van der Waals surface area contributed by atoms with E-state index >= 15 is 0 Å². The highest BCUT2D eigenvalue weighted by Crippen LogP contribution is 2.43. The number of esters is 2. The lowest BCUT2D eigenvalue weighted by Crippen LogP contribution is -2.29. The Hall–Kier alpha value is -1.25. The van der Waals surface area contributed by atoms with Crippen molar-refractivity contribution in [2.24, 2.45) is 5.73 Å². The first-order chi connectivity index (χ1) is 23.3. The summed E-state index contributed by atoms with van der Waals surface area (Å²) in [6.45, 7) is 3.71. The molecule has 0 bridgehead atoms. The zero-order valence-electron chi connectivity index (χ0n) is 31.0. The zero-order valence-corrected chi connectivity index (χ0v) is 31.9. The lowest BCUT2D eigenvalue weighted by molar-refractivity contribution is -0.161. The minimum atomic E-state index is -4.36. The average Bonchev–Trinajstić information content (AvgIpc) is 3.07. The van der Waals surface area contributed by atoms with Crippen LogP contribution < -0.4 is 5.73 Å². The summed E-state index contributed by atoms with van der Waals surface area (Å²) >= 11 is 0. The van der Waals surface area contributed by atoms with Gasteiger partial charge in [0.15, 0.2) is 6.10 Å². The molecule has 3 N–H and O–H groups in total. The largest absolute Gasteiger partial charge is 0.472 e. The highest BCUT2D eigenvalue weighted by molar-refractivity contribution is 7.47. The summed E-state index contributed by atoms with van der Waals surface area (Å²) in [6, 6.07) is 0. The number of unbranched alkanes of at least 4 members (excludes halogenated alkanes) is 22. The van der Waals surface area contributed by atoms with Crippen molar-refractivity contribution in [3.05, 3.63) is 12.2 Å². The van der Waals surface area contributed by atoms with E-state index in [2.05, 4.69) is 26.0 Å². The van der Waals surface area contributed by atoms with Gasteiger partial charge in [0.2, 0.25) is 0 Å². The maximum Gasteiger partial charge on any atom is 0.472 e. The fourth-order valence-corrected chi connectivity index (χ4v) is 6.22. The Labute approximate surface area is 294 Å². The SMILES string of the molecule is CCCCCCCC/C=C\CCCCCCCCCC(=O)OC(COC(=O)CCCCCCCCCCCC)COP(=O)(O)OCCN. The summed E-state index contributed by atoms with van der Waals surface area (Å²) in [6.07, 6.45) is 33.8. The summed E-state index contributed by atoms with van der Waals surface area (Å²) in [5, 5.41) is 0. The second kappa shape index (κ2) is 35.6. The van der Waals surface area contributed by atoms with Gasteiger partial charge in [0, 0.05) is 19.4 Å². The second-order valence-electron chi connectivity index (χ2n) is 13.2. The number of phosphoric ester groups is 1. The first-order valence-electron chi connectivity index (χ1n) is 19.7. The molecule has 0 aromatic heterocycles. The van der Waals surface area contributed by atoms with Crippen LogP contribution in [0.3, 0.4) is 0 Å². The quantitative estimate of drug-likeness (QED) is 0.0280. The van der Waals surface area contributed by atoms with Crippen LogP contribution in [0.5, 0.6) is 0 Å². The third-order valence-electron chi connectivity index (χ3n) is 8.40. The number of hydrogen-bond acceptors (Lipinski definition) is 8. The van der Waals surface area contributed by atoms with Crippen LogP contribution in [0.2, 0.25) is 0 Å². The molecular weight excluding hydrogens is 629 g/mol. The molecular formula is C38H74NO8P. The van der Waals surface area contributed by atoms with Crippen LogP contribution in [0.4, 0.5) is 0 Å². The van der Waals surface area contributed by atoms with E-state index in [1.165, 1.54) is 109 Å². The van der Waals surface area contributed by atoms with Gasteiger partial charge in [-0.3, -0.25) is 18.6 Å². The van der Waals surface area contributed by atoms with Gasteiger partial charge >= 0.3 is 19.8 Å². The Bertz CT molecular complexity index is 810. The number of rotatable bonds is 37. The van der Waals surface area contributed by atoms with Gasteiger partial charge in [0.05, 0.1) is 13.2 Å². The summed E-state index contributed by atoms with van der Waals surface area (Å²) in [4.78, 5) is 34.7. The number of carbonyl (C=O) groups is 2. The van der Waals surface area contributed by atoms with Gasteiger partial charge in [-0.05, 0) is 38.5 Å². The van der Waals surface area contributed by atoms with Crippen molar-refractivity contribution in [3.8, 4) is 0 Å². The minimum absolute atomic E-state index is 0.0552. The molecule has 0 saturated carbocycles. The van der Waals surface area contributed by atoms with Crippen LogP contribution in [-0.2, 0) is 32.7 Å². The molecule has 0 amide bonds. The first-order valence-corrected chi connectivity index (χ1v) is 21.2. The zero-order chi connectivity index (χ0) is 35.4. The monoisotopic (exact) mass is 704 g/mol. The molecule has 0 aliphatic carbocycles. The summed E-state index contributed by atoms with van der Waals surface area (Å²) in [5.74, 6) is -0.830. The lowest BCUT2D eigenvalue weighted by atomic mass is 10.1. The Morgan fingerprint density at radius 2 is 1.02 bits per heavy atom. The van der Waals surface area contributed by atoms with Gasteiger partial charge in [0.1, 0.15) is 6.61 Å². The van der Waals surface area contributed by atoms with Crippen LogP contribution in [-0.4, -0.2) is 49.3 Å². The number of phosphoric acid groups is 1. The molecule has 10 heteroatoms. The van der Waals surface area contributed by atoms with Crippen molar-refractivity contribution in [3.63, 3.8) is 0 Å². The highest BCUT2D eigenvalue weighted by atomic mass is 31.2. The second-order valence-corrected chi connectivity index (χ2v) is 14.6. The van der Waals surface area contributed by atoms with E-state index in [0.29, 0.717) is 6.42 Å². The van der Waals surface area contributed by atoms with E-state index in [-0.39, 0.29) is 38.6 Å². The van der Waals surface area contributed by atoms with Crippen molar-refractivity contribution in [2.45, 2.75) is 193 Å².